The Kier molecular flexibility index (Phi) is 5.69. The Labute approximate surface area is 160 Å². The Morgan fingerprint density at radius 3 is 2.46 bits per heavy atom. The van der Waals surface area contributed by atoms with E-state index in [-0.39, 0.29) is 24.4 Å². The second kappa shape index (κ2) is 8.34. The quantitative estimate of drug-likeness (QED) is 0.653. The molecule has 0 fully saturated rings. The number of hydrogen-bond acceptors (Lipinski definition) is 6. The third kappa shape index (κ3) is 3.71. The van der Waals surface area contributed by atoms with Crippen molar-refractivity contribution in [2.45, 2.75) is 6.92 Å². The number of amides is 1. The van der Waals surface area contributed by atoms with Crippen LogP contribution in [0.4, 0.5) is 0 Å². The van der Waals surface area contributed by atoms with Gasteiger partial charge in [0.15, 0.2) is 5.69 Å². The van der Waals surface area contributed by atoms with Crippen LogP contribution in [0, 0.1) is 0 Å². The zero-order valence-corrected chi connectivity index (χ0v) is 15.5. The fourth-order valence-electron chi connectivity index (χ4n) is 2.77. The van der Waals surface area contributed by atoms with Crippen LogP contribution in [0.15, 0.2) is 53.3 Å². The third-order valence-corrected chi connectivity index (χ3v) is 4.03. The first-order valence-electron chi connectivity index (χ1n) is 8.66. The predicted octanol–water partition coefficient (Wildman–Crippen LogP) is 1.69. The first-order chi connectivity index (χ1) is 13.6. The minimum Gasteiger partial charge on any atom is -0.494 e. The van der Waals surface area contributed by atoms with Gasteiger partial charge in [0.05, 0.1) is 19.1 Å². The zero-order chi connectivity index (χ0) is 20.1. The molecule has 1 heterocycles. The van der Waals surface area contributed by atoms with Gasteiger partial charge < -0.3 is 14.8 Å². The lowest BCUT2D eigenvalue weighted by Gasteiger charge is -2.13. The van der Waals surface area contributed by atoms with Gasteiger partial charge in [0.1, 0.15) is 18.0 Å². The summed E-state index contributed by atoms with van der Waals surface area (Å²) in [5.74, 6) is -0.712. The number of fused-ring (bicyclic) bond motifs is 1. The summed E-state index contributed by atoms with van der Waals surface area (Å²) in [7, 11) is 1.48. The van der Waals surface area contributed by atoms with Gasteiger partial charge in [-0.2, -0.15) is 9.78 Å². The number of carbonyl (C=O) groups excluding carboxylic acids is 2. The molecule has 0 saturated carbocycles. The third-order valence-electron chi connectivity index (χ3n) is 4.03. The van der Waals surface area contributed by atoms with Crippen LogP contribution in [-0.4, -0.2) is 41.9 Å². The normalized spacial score (nSPS) is 10.5. The largest absolute Gasteiger partial charge is 0.494 e. The number of nitrogens with zero attached hydrogens (tertiary/aromatic N) is 2. The van der Waals surface area contributed by atoms with Gasteiger partial charge in [0.2, 0.25) is 0 Å². The lowest BCUT2D eigenvalue weighted by Crippen LogP contribution is -2.33. The Hall–Kier alpha value is -3.68. The molecule has 0 bridgehead atoms. The maximum Gasteiger partial charge on any atom is 0.325 e. The molecule has 0 spiro atoms. The monoisotopic (exact) mass is 381 g/mol. The Morgan fingerprint density at radius 2 is 1.75 bits per heavy atom. The second-order valence-corrected chi connectivity index (χ2v) is 5.77. The first kappa shape index (κ1) is 19.1. The van der Waals surface area contributed by atoms with Crippen LogP contribution in [0.5, 0.6) is 5.75 Å². The predicted molar refractivity (Wildman–Crippen MR) is 103 cm³/mol. The summed E-state index contributed by atoms with van der Waals surface area (Å²) in [6.07, 6.45) is 0. The molecule has 0 radical (unpaired) electrons. The number of benzene rings is 2. The number of para-hydroxylation sites is 2. The van der Waals surface area contributed by atoms with Crippen molar-refractivity contribution in [3.05, 3.63) is 64.6 Å². The van der Waals surface area contributed by atoms with Crippen LogP contribution in [0.3, 0.4) is 0 Å². The van der Waals surface area contributed by atoms with E-state index in [1.54, 1.807) is 55.5 Å². The minimum absolute atomic E-state index is 0.0189. The Morgan fingerprint density at radius 1 is 1.07 bits per heavy atom. The SMILES string of the molecule is CCOC(=O)CNC(=O)c1nn(-c2ccccc2OC)c(=O)c2ccccc12. The van der Waals surface area contributed by atoms with Gasteiger partial charge in [-0.05, 0) is 25.1 Å². The highest BCUT2D eigenvalue weighted by Crippen LogP contribution is 2.22. The molecule has 0 aliphatic heterocycles. The number of esters is 1. The number of methoxy groups -OCH3 is 1. The van der Waals surface area contributed by atoms with Crippen LogP contribution < -0.4 is 15.6 Å². The van der Waals surface area contributed by atoms with E-state index in [2.05, 4.69) is 10.4 Å². The van der Waals surface area contributed by atoms with Crippen molar-refractivity contribution in [3.63, 3.8) is 0 Å². The summed E-state index contributed by atoms with van der Waals surface area (Å²) in [6, 6.07) is 13.5. The van der Waals surface area contributed by atoms with Crippen LogP contribution in [0.2, 0.25) is 0 Å². The van der Waals surface area contributed by atoms with Crippen molar-refractivity contribution >= 4 is 22.6 Å². The molecule has 28 heavy (non-hydrogen) atoms. The van der Waals surface area contributed by atoms with Gasteiger partial charge in [-0.25, -0.2) is 0 Å². The topological polar surface area (TPSA) is 99.5 Å². The average molecular weight is 381 g/mol. The first-order valence-corrected chi connectivity index (χ1v) is 8.66. The van der Waals surface area contributed by atoms with Crippen molar-refractivity contribution in [3.8, 4) is 11.4 Å². The molecule has 0 saturated heterocycles. The number of hydrogen-bond donors (Lipinski definition) is 1. The molecule has 8 nitrogen and oxygen atoms in total. The molecule has 1 amide bonds. The van der Waals surface area contributed by atoms with E-state index in [4.69, 9.17) is 9.47 Å². The van der Waals surface area contributed by atoms with Crippen LogP contribution >= 0.6 is 0 Å². The van der Waals surface area contributed by atoms with E-state index in [1.807, 2.05) is 0 Å². The van der Waals surface area contributed by atoms with Crippen LogP contribution in [0.1, 0.15) is 17.4 Å². The zero-order valence-electron chi connectivity index (χ0n) is 15.5. The molecule has 144 valence electrons. The second-order valence-electron chi connectivity index (χ2n) is 5.77. The molecule has 1 N–H and O–H groups in total. The summed E-state index contributed by atoms with van der Waals surface area (Å²) in [4.78, 5) is 37.2. The number of rotatable bonds is 6. The molecule has 1 aromatic heterocycles. The van der Waals surface area contributed by atoms with Crippen LogP contribution in [-0.2, 0) is 9.53 Å². The Balaban J connectivity index is 2.12. The molecule has 8 heteroatoms. The highest BCUT2D eigenvalue weighted by atomic mass is 16.5. The van der Waals surface area contributed by atoms with Gasteiger partial charge in [-0.15, -0.1) is 0 Å². The lowest BCUT2D eigenvalue weighted by atomic mass is 10.1. The maximum atomic E-state index is 13.0. The van der Waals surface area contributed by atoms with Crippen molar-refractivity contribution in [2.24, 2.45) is 0 Å². The van der Waals surface area contributed by atoms with Gasteiger partial charge in [-0.1, -0.05) is 30.3 Å². The molecule has 3 aromatic rings. The molecule has 3 rings (SSSR count). The minimum atomic E-state index is -0.590. The summed E-state index contributed by atoms with van der Waals surface area (Å²) >= 11 is 0. The molecular weight excluding hydrogens is 362 g/mol. The van der Waals surface area contributed by atoms with E-state index < -0.39 is 11.9 Å². The standard InChI is InChI=1S/C20H19N3O5/c1-3-28-17(24)12-21-19(25)18-13-8-4-5-9-14(13)20(26)23(22-18)15-10-6-7-11-16(15)27-2/h4-11H,3,12H2,1-2H3,(H,21,25). The molecule has 0 atom stereocenters. The summed E-state index contributed by atoms with van der Waals surface area (Å²) in [6.45, 7) is 1.60. The molecule has 0 aliphatic rings. The van der Waals surface area contributed by atoms with Crippen molar-refractivity contribution in [2.75, 3.05) is 20.3 Å². The summed E-state index contributed by atoms with van der Waals surface area (Å²) < 4.78 is 11.2. The molecule has 0 aliphatic carbocycles. The lowest BCUT2D eigenvalue weighted by molar-refractivity contribution is -0.141. The smallest absolute Gasteiger partial charge is 0.325 e. The van der Waals surface area contributed by atoms with Crippen molar-refractivity contribution in [1.82, 2.24) is 15.1 Å². The fraction of sp³-hybridized carbons (Fsp3) is 0.200. The summed E-state index contributed by atoms with van der Waals surface area (Å²) in [5.41, 5.74) is 0.0349. The molecule has 0 unspecified atom stereocenters. The van der Waals surface area contributed by atoms with E-state index >= 15 is 0 Å². The van der Waals surface area contributed by atoms with Gasteiger partial charge in [-0.3, -0.25) is 14.4 Å². The molecule has 2 aromatic carbocycles. The highest BCUT2D eigenvalue weighted by Gasteiger charge is 2.19. The van der Waals surface area contributed by atoms with Gasteiger partial charge in [0.25, 0.3) is 11.5 Å². The fourth-order valence-corrected chi connectivity index (χ4v) is 2.77. The van der Waals surface area contributed by atoms with Gasteiger partial charge in [0, 0.05) is 5.39 Å². The van der Waals surface area contributed by atoms with Crippen LogP contribution in [0.25, 0.3) is 16.5 Å². The number of nitrogens with one attached hydrogen (secondary N) is 1. The number of carbonyl (C=O) groups is 2. The van der Waals surface area contributed by atoms with E-state index in [0.29, 0.717) is 22.2 Å². The van der Waals surface area contributed by atoms with Crippen molar-refractivity contribution in [1.29, 1.82) is 0 Å². The maximum absolute atomic E-state index is 13.0. The van der Waals surface area contributed by atoms with Crippen molar-refractivity contribution < 1.29 is 19.1 Å². The number of ether oxygens (including phenoxy) is 2. The van der Waals surface area contributed by atoms with E-state index in [9.17, 15) is 14.4 Å². The number of aromatic nitrogens is 2. The molecular formula is C20H19N3O5. The Bertz CT molecular complexity index is 1090. The summed E-state index contributed by atoms with van der Waals surface area (Å²) in [5, 5.41) is 7.46. The van der Waals surface area contributed by atoms with E-state index in [1.165, 1.54) is 7.11 Å². The highest BCUT2D eigenvalue weighted by molar-refractivity contribution is 6.05. The van der Waals surface area contributed by atoms with Gasteiger partial charge >= 0.3 is 5.97 Å². The van der Waals surface area contributed by atoms with E-state index in [0.717, 1.165) is 4.68 Å². The average Bonchev–Trinajstić information content (AvgIpc) is 2.73.